The SMILES string of the molecule is NC(=O)c1ccc(-c2cnc(C(F)(F)Br)nc2)cc1. The molecular weight excluding hydrogens is 320 g/mol. The minimum atomic E-state index is -3.25. The van der Waals surface area contributed by atoms with E-state index >= 15 is 0 Å². The number of carbonyl (C=O) groups is 1. The fourth-order valence-electron chi connectivity index (χ4n) is 1.45. The van der Waals surface area contributed by atoms with E-state index in [1.807, 2.05) is 0 Å². The van der Waals surface area contributed by atoms with Crippen molar-refractivity contribution in [2.24, 2.45) is 5.73 Å². The second-order valence-electron chi connectivity index (χ2n) is 3.73. The second-order valence-corrected chi connectivity index (χ2v) is 4.73. The van der Waals surface area contributed by atoms with E-state index < -0.39 is 16.6 Å². The zero-order valence-corrected chi connectivity index (χ0v) is 11.1. The number of hydrogen-bond acceptors (Lipinski definition) is 3. The molecule has 0 fully saturated rings. The van der Waals surface area contributed by atoms with Gasteiger partial charge in [0, 0.05) is 23.5 Å². The number of hydrogen-bond donors (Lipinski definition) is 1. The highest BCUT2D eigenvalue weighted by Gasteiger charge is 2.30. The summed E-state index contributed by atoms with van der Waals surface area (Å²) in [6, 6.07) is 6.38. The largest absolute Gasteiger partial charge is 0.366 e. The lowest BCUT2D eigenvalue weighted by Gasteiger charge is -2.07. The van der Waals surface area contributed by atoms with Crippen molar-refractivity contribution in [2.45, 2.75) is 4.83 Å². The molecule has 1 amide bonds. The van der Waals surface area contributed by atoms with Crippen molar-refractivity contribution in [1.82, 2.24) is 9.97 Å². The Morgan fingerprint density at radius 2 is 1.63 bits per heavy atom. The second kappa shape index (κ2) is 5.00. The molecular formula is C12H8BrF2N3O. The van der Waals surface area contributed by atoms with Crippen molar-refractivity contribution in [2.75, 3.05) is 0 Å². The molecule has 2 aromatic rings. The number of aromatic nitrogens is 2. The first kappa shape index (κ1) is 13.5. The molecule has 0 bridgehead atoms. The number of amides is 1. The van der Waals surface area contributed by atoms with Crippen molar-refractivity contribution in [1.29, 1.82) is 0 Å². The van der Waals surface area contributed by atoms with Gasteiger partial charge in [-0.1, -0.05) is 12.1 Å². The van der Waals surface area contributed by atoms with Gasteiger partial charge in [0.1, 0.15) is 0 Å². The quantitative estimate of drug-likeness (QED) is 0.881. The Morgan fingerprint density at radius 3 is 2.05 bits per heavy atom. The van der Waals surface area contributed by atoms with Crippen LogP contribution >= 0.6 is 15.9 Å². The normalized spacial score (nSPS) is 11.3. The van der Waals surface area contributed by atoms with E-state index in [2.05, 4.69) is 25.9 Å². The Morgan fingerprint density at radius 1 is 1.11 bits per heavy atom. The highest BCUT2D eigenvalue weighted by atomic mass is 79.9. The highest BCUT2D eigenvalue weighted by molar-refractivity contribution is 9.09. The van der Waals surface area contributed by atoms with Crippen molar-refractivity contribution in [3.05, 3.63) is 48.0 Å². The molecule has 1 aromatic carbocycles. The summed E-state index contributed by atoms with van der Waals surface area (Å²) in [6.45, 7) is 0. The Hall–Kier alpha value is -1.89. The number of nitrogens with two attached hydrogens (primary N) is 1. The number of alkyl halides is 3. The van der Waals surface area contributed by atoms with Gasteiger partial charge >= 0.3 is 4.83 Å². The van der Waals surface area contributed by atoms with Crippen LogP contribution in [0.5, 0.6) is 0 Å². The van der Waals surface area contributed by atoms with Gasteiger partial charge < -0.3 is 5.73 Å². The number of rotatable bonds is 3. The molecule has 0 unspecified atom stereocenters. The number of benzene rings is 1. The molecule has 19 heavy (non-hydrogen) atoms. The fraction of sp³-hybridized carbons (Fsp3) is 0.0833. The molecule has 1 aromatic heterocycles. The molecule has 2 rings (SSSR count). The van der Waals surface area contributed by atoms with Gasteiger partial charge in [0.05, 0.1) is 0 Å². The van der Waals surface area contributed by atoms with E-state index in [4.69, 9.17) is 5.73 Å². The van der Waals surface area contributed by atoms with Gasteiger partial charge in [0.15, 0.2) is 0 Å². The van der Waals surface area contributed by atoms with Crippen LogP contribution in [0, 0.1) is 0 Å². The van der Waals surface area contributed by atoms with Gasteiger partial charge in [-0.15, -0.1) is 0 Å². The number of halogens is 3. The maximum atomic E-state index is 12.9. The standard InChI is InChI=1S/C12H8BrF2N3O/c13-12(14,15)11-17-5-9(6-18-11)7-1-3-8(4-2-7)10(16)19/h1-6H,(H2,16,19). The predicted molar refractivity (Wildman–Crippen MR) is 68.8 cm³/mol. The molecule has 0 spiro atoms. The summed E-state index contributed by atoms with van der Waals surface area (Å²) in [5, 5.41) is 0. The minimum absolute atomic E-state index is 0.369. The van der Waals surface area contributed by atoms with Crippen molar-refractivity contribution >= 4 is 21.8 Å². The van der Waals surface area contributed by atoms with Gasteiger partial charge in [-0.05, 0) is 33.6 Å². The lowest BCUT2D eigenvalue weighted by atomic mass is 10.1. The predicted octanol–water partition coefficient (Wildman–Crippen LogP) is 2.69. The third kappa shape index (κ3) is 3.11. The molecule has 0 aliphatic rings. The maximum Gasteiger partial charge on any atom is 0.359 e. The Kier molecular flexibility index (Phi) is 3.57. The highest BCUT2D eigenvalue weighted by Crippen LogP contribution is 2.32. The van der Waals surface area contributed by atoms with E-state index in [9.17, 15) is 13.6 Å². The van der Waals surface area contributed by atoms with Gasteiger partial charge in [-0.2, -0.15) is 8.78 Å². The van der Waals surface area contributed by atoms with Gasteiger partial charge in [0.25, 0.3) is 0 Å². The van der Waals surface area contributed by atoms with E-state index in [0.717, 1.165) is 0 Å². The fourth-order valence-corrected chi connectivity index (χ4v) is 1.66. The van der Waals surface area contributed by atoms with Crippen molar-refractivity contribution < 1.29 is 13.6 Å². The molecule has 0 aliphatic heterocycles. The molecule has 0 atom stereocenters. The average Bonchev–Trinajstić information content (AvgIpc) is 2.38. The molecule has 0 saturated carbocycles. The molecule has 2 N–H and O–H groups in total. The number of primary amides is 1. The lowest BCUT2D eigenvalue weighted by Crippen LogP contribution is -2.10. The van der Waals surface area contributed by atoms with Crippen molar-refractivity contribution in [3.8, 4) is 11.1 Å². The first-order chi connectivity index (χ1) is 8.88. The maximum absolute atomic E-state index is 12.9. The van der Waals surface area contributed by atoms with Crippen LogP contribution in [0.1, 0.15) is 16.2 Å². The van der Waals surface area contributed by atoms with Crippen LogP contribution in [-0.2, 0) is 4.83 Å². The number of carbonyl (C=O) groups excluding carboxylic acids is 1. The molecule has 4 nitrogen and oxygen atoms in total. The Labute approximate surface area is 115 Å². The third-order valence-electron chi connectivity index (χ3n) is 2.41. The summed E-state index contributed by atoms with van der Waals surface area (Å²) in [5.41, 5.74) is 6.76. The summed E-state index contributed by atoms with van der Waals surface area (Å²) in [7, 11) is 0. The molecule has 7 heteroatoms. The smallest absolute Gasteiger partial charge is 0.359 e. The van der Waals surface area contributed by atoms with Gasteiger partial charge in [0.2, 0.25) is 11.7 Å². The average molecular weight is 328 g/mol. The zero-order chi connectivity index (χ0) is 14.0. The molecule has 0 radical (unpaired) electrons. The topological polar surface area (TPSA) is 68.9 Å². The summed E-state index contributed by atoms with van der Waals surface area (Å²) < 4.78 is 25.7. The van der Waals surface area contributed by atoms with Crippen LogP contribution in [0.4, 0.5) is 8.78 Å². The molecule has 1 heterocycles. The van der Waals surface area contributed by atoms with Crippen molar-refractivity contribution in [3.63, 3.8) is 0 Å². The summed E-state index contributed by atoms with van der Waals surface area (Å²) in [4.78, 5) is 14.8. The number of nitrogens with zero attached hydrogens (tertiary/aromatic N) is 2. The van der Waals surface area contributed by atoms with Gasteiger partial charge in [-0.3, -0.25) is 4.79 Å². The summed E-state index contributed by atoms with van der Waals surface area (Å²) in [5.74, 6) is -1.14. The first-order valence-electron chi connectivity index (χ1n) is 5.17. The van der Waals surface area contributed by atoms with Crippen LogP contribution in [0.3, 0.4) is 0 Å². The van der Waals surface area contributed by atoms with E-state index in [1.54, 1.807) is 24.3 Å². The summed E-state index contributed by atoms with van der Waals surface area (Å²) in [6.07, 6.45) is 2.58. The molecule has 0 aliphatic carbocycles. The van der Waals surface area contributed by atoms with Crippen LogP contribution in [-0.4, -0.2) is 15.9 Å². The van der Waals surface area contributed by atoms with Crippen LogP contribution in [0.2, 0.25) is 0 Å². The Balaban J connectivity index is 2.30. The third-order valence-corrected chi connectivity index (χ3v) is 2.76. The Bertz CT molecular complexity index is 594. The van der Waals surface area contributed by atoms with Gasteiger partial charge in [-0.25, -0.2) is 9.97 Å². The van der Waals surface area contributed by atoms with E-state index in [-0.39, 0.29) is 0 Å². The van der Waals surface area contributed by atoms with Crippen LogP contribution < -0.4 is 5.73 Å². The van der Waals surface area contributed by atoms with E-state index in [1.165, 1.54) is 12.4 Å². The van der Waals surface area contributed by atoms with Crippen LogP contribution in [0.25, 0.3) is 11.1 Å². The monoisotopic (exact) mass is 327 g/mol. The molecule has 0 saturated heterocycles. The zero-order valence-electron chi connectivity index (χ0n) is 9.48. The minimum Gasteiger partial charge on any atom is -0.366 e. The first-order valence-corrected chi connectivity index (χ1v) is 5.97. The van der Waals surface area contributed by atoms with E-state index in [0.29, 0.717) is 16.7 Å². The lowest BCUT2D eigenvalue weighted by molar-refractivity contribution is 0.0999. The summed E-state index contributed by atoms with van der Waals surface area (Å²) >= 11 is 2.18. The molecule has 98 valence electrons. The van der Waals surface area contributed by atoms with Crippen LogP contribution in [0.15, 0.2) is 36.7 Å².